The number of anilines is 1. The summed E-state index contributed by atoms with van der Waals surface area (Å²) < 4.78 is 64.2. The molecule has 4 rings (SSSR count). The van der Waals surface area contributed by atoms with Crippen LogP contribution in [0.3, 0.4) is 0 Å². The second kappa shape index (κ2) is 9.27. The molecule has 2 N–H and O–H groups in total. The largest absolute Gasteiger partial charge is 0.516 e. The van der Waals surface area contributed by atoms with E-state index in [0.717, 1.165) is 5.56 Å². The van der Waals surface area contributed by atoms with Gasteiger partial charge in [-0.15, -0.1) is 0 Å². The number of aliphatic hydroxyl groups is 1. The van der Waals surface area contributed by atoms with Crippen LogP contribution in [-0.2, 0) is 15.6 Å². The summed E-state index contributed by atoms with van der Waals surface area (Å²) in [7, 11) is -5.53. The van der Waals surface area contributed by atoms with Crippen LogP contribution in [0.4, 0.5) is 18.9 Å². The van der Waals surface area contributed by atoms with Crippen LogP contribution in [-0.4, -0.2) is 28.8 Å². The molecule has 0 aliphatic carbocycles. The Hall–Kier alpha value is -3.34. The van der Waals surface area contributed by atoms with Crippen LogP contribution in [0.1, 0.15) is 19.5 Å². The number of rotatable bonds is 6. The summed E-state index contributed by atoms with van der Waals surface area (Å²) in [6.07, 6.45) is 0. The second-order valence-corrected chi connectivity index (χ2v) is 10.6. The molecule has 0 aliphatic rings. The van der Waals surface area contributed by atoms with E-state index in [4.69, 9.17) is 11.6 Å². The Balaban J connectivity index is 1.71. The maximum atomic E-state index is 12.7. The van der Waals surface area contributed by atoms with Crippen molar-refractivity contribution in [3.8, 4) is 28.1 Å². The van der Waals surface area contributed by atoms with Gasteiger partial charge >= 0.3 is 15.5 Å². The number of halogens is 4. The summed E-state index contributed by atoms with van der Waals surface area (Å²) in [5.74, 6) is 0. The fourth-order valence-corrected chi connectivity index (χ4v) is 4.27. The molecule has 4 aromatic rings. The summed E-state index contributed by atoms with van der Waals surface area (Å²) in [4.78, 5) is 0. The van der Waals surface area contributed by atoms with Gasteiger partial charge < -0.3 is 5.11 Å². The Bertz CT molecular complexity index is 1510. The summed E-state index contributed by atoms with van der Waals surface area (Å²) in [6, 6.07) is 21.7. The first-order chi connectivity index (χ1) is 16.8. The van der Waals surface area contributed by atoms with Gasteiger partial charge in [-0.1, -0.05) is 60.1 Å². The molecular formula is C25H21ClF3N3O3S. The van der Waals surface area contributed by atoms with Crippen molar-refractivity contribution in [2.24, 2.45) is 0 Å². The lowest BCUT2D eigenvalue weighted by molar-refractivity contribution is -0.0429. The normalized spacial score (nSPS) is 12.5. The lowest BCUT2D eigenvalue weighted by Crippen LogP contribution is -2.29. The highest BCUT2D eigenvalue weighted by Crippen LogP contribution is 2.33. The van der Waals surface area contributed by atoms with Crippen LogP contribution in [0.2, 0.25) is 5.02 Å². The smallest absolute Gasteiger partial charge is 0.384 e. The van der Waals surface area contributed by atoms with Crippen LogP contribution in [0.15, 0.2) is 78.9 Å². The highest BCUT2D eigenvalue weighted by atomic mass is 35.5. The number of benzene rings is 3. The van der Waals surface area contributed by atoms with Gasteiger partial charge in [0.05, 0.1) is 22.1 Å². The Morgan fingerprint density at radius 1 is 0.889 bits per heavy atom. The predicted octanol–water partition coefficient (Wildman–Crippen LogP) is 6.35. The topological polar surface area (TPSA) is 84.2 Å². The van der Waals surface area contributed by atoms with Gasteiger partial charge in [-0.25, -0.2) is 4.68 Å². The van der Waals surface area contributed by atoms with Crippen molar-refractivity contribution in [3.63, 3.8) is 0 Å². The molecule has 11 heteroatoms. The molecule has 3 aromatic carbocycles. The molecule has 0 saturated carbocycles. The first-order valence-electron chi connectivity index (χ1n) is 10.6. The number of aromatic nitrogens is 2. The zero-order valence-corrected chi connectivity index (χ0v) is 20.7. The molecule has 0 spiro atoms. The number of nitrogens with one attached hydrogen (secondary N) is 1. The van der Waals surface area contributed by atoms with Crippen molar-refractivity contribution < 1.29 is 26.7 Å². The minimum absolute atomic E-state index is 0.208. The van der Waals surface area contributed by atoms with Gasteiger partial charge in [-0.05, 0) is 55.3 Å². The van der Waals surface area contributed by atoms with Crippen molar-refractivity contribution in [2.75, 3.05) is 4.72 Å². The Labute approximate surface area is 211 Å². The Kier molecular flexibility index (Phi) is 6.63. The average Bonchev–Trinajstić information content (AvgIpc) is 3.24. The van der Waals surface area contributed by atoms with Gasteiger partial charge in [0.2, 0.25) is 0 Å². The van der Waals surface area contributed by atoms with Crippen LogP contribution < -0.4 is 4.72 Å². The van der Waals surface area contributed by atoms with Gasteiger partial charge in [0.15, 0.2) is 0 Å². The van der Waals surface area contributed by atoms with E-state index in [1.807, 2.05) is 6.07 Å². The van der Waals surface area contributed by atoms with Crippen LogP contribution in [0.25, 0.3) is 28.1 Å². The lowest BCUT2D eigenvalue weighted by atomic mass is 10.0. The number of sulfonamides is 1. The molecule has 1 aromatic heterocycles. The highest BCUT2D eigenvalue weighted by molar-refractivity contribution is 7.93. The summed E-state index contributed by atoms with van der Waals surface area (Å²) in [5, 5.41) is 15.5. The minimum Gasteiger partial charge on any atom is -0.384 e. The number of hydrogen-bond acceptors (Lipinski definition) is 4. The summed E-state index contributed by atoms with van der Waals surface area (Å²) in [5.41, 5.74) is -3.19. The van der Waals surface area contributed by atoms with E-state index < -0.39 is 21.1 Å². The van der Waals surface area contributed by atoms with Crippen LogP contribution >= 0.6 is 11.6 Å². The van der Waals surface area contributed by atoms with Gasteiger partial charge in [0, 0.05) is 11.3 Å². The van der Waals surface area contributed by atoms with E-state index in [1.54, 1.807) is 77.8 Å². The molecule has 0 saturated heterocycles. The number of nitrogens with zero attached hydrogens (tertiary/aromatic N) is 2. The van der Waals surface area contributed by atoms with Gasteiger partial charge in [-0.2, -0.15) is 26.7 Å². The van der Waals surface area contributed by atoms with Gasteiger partial charge in [0.1, 0.15) is 5.60 Å². The molecule has 0 bridgehead atoms. The molecule has 0 aliphatic heterocycles. The molecule has 0 fully saturated rings. The first-order valence-corrected chi connectivity index (χ1v) is 12.5. The maximum Gasteiger partial charge on any atom is 0.516 e. The van der Waals surface area contributed by atoms with E-state index in [1.165, 1.54) is 18.2 Å². The molecule has 188 valence electrons. The molecule has 0 amide bonds. The van der Waals surface area contributed by atoms with E-state index in [2.05, 4.69) is 5.10 Å². The van der Waals surface area contributed by atoms with Crippen molar-refractivity contribution in [1.29, 1.82) is 0 Å². The Morgan fingerprint density at radius 3 is 2.14 bits per heavy atom. The zero-order valence-electron chi connectivity index (χ0n) is 19.1. The molecular weight excluding hydrogens is 515 g/mol. The standard InChI is InChI=1S/C25H21ClF3N3O3S/c1-24(2,33)23-15-22(32(30-23)21-9-4-3-8-20(21)26)17-12-10-16(11-13-17)18-6-5-7-19(14-18)31-36(34,35)25(27,28)29/h3-15,31,33H,1-2H3. The fourth-order valence-electron chi connectivity index (χ4n) is 3.50. The highest BCUT2D eigenvalue weighted by Gasteiger charge is 2.46. The van der Waals surface area contributed by atoms with E-state index in [9.17, 15) is 26.7 Å². The van der Waals surface area contributed by atoms with Crippen molar-refractivity contribution >= 4 is 27.3 Å². The molecule has 6 nitrogen and oxygen atoms in total. The van der Waals surface area contributed by atoms with Gasteiger partial charge in [0.25, 0.3) is 0 Å². The van der Waals surface area contributed by atoms with E-state index in [-0.39, 0.29) is 5.69 Å². The SMILES string of the molecule is CC(C)(O)c1cc(-c2ccc(-c3cccc(NS(=O)(=O)C(F)(F)F)c3)cc2)n(-c2ccccc2Cl)n1. The van der Waals surface area contributed by atoms with E-state index in [0.29, 0.717) is 33.2 Å². The fraction of sp³-hybridized carbons (Fsp3) is 0.160. The third-order valence-electron chi connectivity index (χ3n) is 5.35. The average molecular weight is 536 g/mol. The summed E-state index contributed by atoms with van der Waals surface area (Å²) in [6.45, 7) is 3.25. The lowest BCUT2D eigenvalue weighted by Gasteiger charge is -2.13. The van der Waals surface area contributed by atoms with Crippen molar-refractivity contribution in [3.05, 3.63) is 89.6 Å². The van der Waals surface area contributed by atoms with E-state index >= 15 is 0 Å². The summed E-state index contributed by atoms with van der Waals surface area (Å²) >= 11 is 6.39. The van der Waals surface area contributed by atoms with Crippen molar-refractivity contribution in [1.82, 2.24) is 9.78 Å². The Morgan fingerprint density at radius 2 is 1.53 bits per heavy atom. The monoisotopic (exact) mass is 535 g/mol. The molecule has 1 heterocycles. The molecule has 0 radical (unpaired) electrons. The van der Waals surface area contributed by atoms with Crippen molar-refractivity contribution in [2.45, 2.75) is 25.0 Å². The third kappa shape index (κ3) is 5.25. The van der Waals surface area contributed by atoms with Crippen LogP contribution in [0, 0.1) is 0 Å². The van der Waals surface area contributed by atoms with Gasteiger partial charge in [-0.3, -0.25) is 4.72 Å². The predicted molar refractivity (Wildman–Crippen MR) is 133 cm³/mol. The third-order valence-corrected chi connectivity index (χ3v) is 6.78. The number of alkyl halides is 3. The molecule has 36 heavy (non-hydrogen) atoms. The number of para-hydroxylation sites is 1. The van der Waals surface area contributed by atoms with Crippen LogP contribution in [0.5, 0.6) is 0 Å². The number of hydrogen-bond donors (Lipinski definition) is 2. The first kappa shape index (κ1) is 25.7. The second-order valence-electron chi connectivity index (χ2n) is 8.55. The maximum absolute atomic E-state index is 12.7. The molecule has 0 unspecified atom stereocenters. The zero-order chi connectivity index (χ0) is 26.3. The molecule has 0 atom stereocenters. The quantitative estimate of drug-likeness (QED) is 0.301. The minimum atomic E-state index is -5.53.